The third-order valence-electron chi connectivity index (χ3n) is 5.52. The summed E-state index contributed by atoms with van der Waals surface area (Å²) in [6.45, 7) is 3.46. The highest BCUT2D eigenvalue weighted by Gasteiger charge is 2.37. The summed E-state index contributed by atoms with van der Waals surface area (Å²) in [6, 6.07) is 10.2. The molecule has 2 atom stereocenters. The smallest absolute Gasteiger partial charge is 0.337 e. The van der Waals surface area contributed by atoms with Gasteiger partial charge in [-0.05, 0) is 49.6 Å². The number of aryl methyl sites for hydroxylation is 2. The van der Waals surface area contributed by atoms with E-state index < -0.39 is 34.8 Å². The quantitative estimate of drug-likeness (QED) is 0.603. The maximum atomic E-state index is 14.8. The normalized spacial score (nSPS) is 19.1. The van der Waals surface area contributed by atoms with E-state index in [-0.39, 0.29) is 42.4 Å². The molecule has 0 bridgehead atoms. The van der Waals surface area contributed by atoms with Crippen LogP contribution in [0.4, 0.5) is 4.39 Å². The maximum absolute atomic E-state index is 14.8. The van der Waals surface area contributed by atoms with Crippen molar-refractivity contribution in [3.05, 3.63) is 59.2 Å². The number of carbonyl (C=O) groups excluding carboxylic acids is 1. The monoisotopic (exact) mass is 478 g/mol. The highest BCUT2D eigenvalue weighted by Crippen LogP contribution is 2.25. The van der Waals surface area contributed by atoms with Gasteiger partial charge >= 0.3 is 5.97 Å². The fourth-order valence-corrected chi connectivity index (χ4v) is 5.31. The fourth-order valence-electron chi connectivity index (χ4n) is 3.66. The number of rotatable bonds is 8. The number of carboxylic acid groups (broad SMARTS) is 1. The van der Waals surface area contributed by atoms with Gasteiger partial charge in [-0.15, -0.1) is 0 Å². The lowest BCUT2D eigenvalue weighted by Crippen LogP contribution is -2.53. The van der Waals surface area contributed by atoms with Crippen LogP contribution >= 0.6 is 0 Å². The summed E-state index contributed by atoms with van der Waals surface area (Å²) >= 11 is 0. The molecule has 1 amide bonds. The minimum atomic E-state index is -4.20. The second-order valence-corrected chi connectivity index (χ2v) is 9.92. The summed E-state index contributed by atoms with van der Waals surface area (Å²) in [5.74, 6) is -1.08. The van der Waals surface area contributed by atoms with Crippen LogP contribution < -0.4 is 10.1 Å². The van der Waals surface area contributed by atoms with Crippen molar-refractivity contribution in [1.82, 2.24) is 9.62 Å². The number of carbonyl (C=O) groups is 2. The standard InChI is InChI=1S/C23H27FN2O6S/c1-15-7-8-16(2)20(13-15)32-12-10-22(27)25-19-9-11-26(14-18(19)24)33(30,31)21-6-4-3-5-17(21)23(28)29/h3-8,13,18-19H,9-12,14H2,1-2H3,(H,25,27)(H,28,29)/t18-,19-/m1/s1. The minimum absolute atomic E-state index is 0.0323. The number of amides is 1. The van der Waals surface area contributed by atoms with Crippen molar-refractivity contribution in [1.29, 1.82) is 0 Å². The maximum Gasteiger partial charge on any atom is 0.337 e. The first-order chi connectivity index (χ1) is 15.6. The largest absolute Gasteiger partial charge is 0.493 e. The Morgan fingerprint density at radius 1 is 1.21 bits per heavy atom. The number of sulfonamides is 1. The van der Waals surface area contributed by atoms with Gasteiger partial charge in [-0.25, -0.2) is 17.6 Å². The predicted octanol–water partition coefficient (Wildman–Crippen LogP) is 2.69. The van der Waals surface area contributed by atoms with Gasteiger partial charge in [-0.3, -0.25) is 4.79 Å². The lowest BCUT2D eigenvalue weighted by molar-refractivity contribution is -0.123. The Labute approximate surface area is 192 Å². The molecule has 33 heavy (non-hydrogen) atoms. The van der Waals surface area contributed by atoms with Crippen molar-refractivity contribution in [3.63, 3.8) is 0 Å². The molecule has 2 N–H and O–H groups in total. The van der Waals surface area contributed by atoms with E-state index in [9.17, 15) is 27.5 Å². The molecule has 0 aromatic heterocycles. The number of hydrogen-bond acceptors (Lipinski definition) is 5. The number of nitrogens with zero attached hydrogens (tertiary/aromatic N) is 1. The van der Waals surface area contributed by atoms with Crippen molar-refractivity contribution >= 4 is 21.9 Å². The zero-order valence-corrected chi connectivity index (χ0v) is 19.3. The molecule has 178 valence electrons. The van der Waals surface area contributed by atoms with E-state index in [2.05, 4.69) is 5.32 Å². The molecule has 2 aromatic rings. The molecule has 0 saturated carbocycles. The van der Waals surface area contributed by atoms with Crippen molar-refractivity contribution in [3.8, 4) is 5.75 Å². The highest BCUT2D eigenvalue weighted by molar-refractivity contribution is 7.89. The molecule has 0 spiro atoms. The number of halogens is 1. The van der Waals surface area contributed by atoms with Crippen molar-refractivity contribution in [2.75, 3.05) is 19.7 Å². The van der Waals surface area contributed by atoms with Crippen LogP contribution in [0.25, 0.3) is 0 Å². The molecule has 1 saturated heterocycles. The van der Waals surface area contributed by atoms with Gasteiger partial charge in [0.15, 0.2) is 0 Å². The third-order valence-corrected chi connectivity index (χ3v) is 7.44. The van der Waals surface area contributed by atoms with Crippen LogP contribution in [-0.2, 0) is 14.8 Å². The number of carboxylic acids is 1. The second-order valence-electron chi connectivity index (χ2n) is 8.01. The molecule has 8 nitrogen and oxygen atoms in total. The van der Waals surface area contributed by atoms with Crippen LogP contribution in [0.1, 0.15) is 34.3 Å². The summed E-state index contributed by atoms with van der Waals surface area (Å²) in [5, 5.41) is 11.9. The van der Waals surface area contributed by atoms with Crippen LogP contribution in [-0.4, -0.2) is 61.6 Å². The molecule has 0 radical (unpaired) electrons. The van der Waals surface area contributed by atoms with E-state index in [0.29, 0.717) is 5.75 Å². The van der Waals surface area contributed by atoms with Crippen molar-refractivity contribution in [2.24, 2.45) is 0 Å². The van der Waals surface area contributed by atoms with Gasteiger partial charge in [-0.1, -0.05) is 24.3 Å². The van der Waals surface area contributed by atoms with E-state index in [1.807, 2.05) is 32.0 Å². The zero-order valence-electron chi connectivity index (χ0n) is 18.5. The molecule has 1 heterocycles. The third kappa shape index (κ3) is 5.88. The second kappa shape index (κ2) is 10.3. The summed E-state index contributed by atoms with van der Waals surface area (Å²) in [7, 11) is -4.20. The molecule has 1 fully saturated rings. The Kier molecular flexibility index (Phi) is 7.70. The first-order valence-corrected chi connectivity index (χ1v) is 12.0. The van der Waals surface area contributed by atoms with Crippen LogP contribution in [0.5, 0.6) is 5.75 Å². The van der Waals surface area contributed by atoms with Crippen LogP contribution in [0, 0.1) is 13.8 Å². The van der Waals surface area contributed by atoms with E-state index in [4.69, 9.17) is 4.74 Å². The lowest BCUT2D eigenvalue weighted by atomic mass is 10.0. The number of benzene rings is 2. The predicted molar refractivity (Wildman–Crippen MR) is 120 cm³/mol. The van der Waals surface area contributed by atoms with Gasteiger partial charge in [0.25, 0.3) is 0 Å². The number of aromatic carboxylic acids is 1. The van der Waals surface area contributed by atoms with E-state index in [0.717, 1.165) is 15.4 Å². The SMILES string of the molecule is Cc1ccc(C)c(OCCC(=O)N[C@@H]2CCN(S(=O)(=O)c3ccccc3C(=O)O)C[C@H]2F)c1. The van der Waals surface area contributed by atoms with E-state index >= 15 is 0 Å². The highest BCUT2D eigenvalue weighted by atomic mass is 32.2. The fraction of sp³-hybridized carbons (Fsp3) is 0.391. The lowest BCUT2D eigenvalue weighted by Gasteiger charge is -2.34. The van der Waals surface area contributed by atoms with Gasteiger partial charge in [0.2, 0.25) is 15.9 Å². The van der Waals surface area contributed by atoms with Crippen molar-refractivity contribution < 1.29 is 32.2 Å². The molecule has 0 aliphatic carbocycles. The number of nitrogens with one attached hydrogen (secondary N) is 1. The summed E-state index contributed by atoms with van der Waals surface area (Å²) in [4.78, 5) is 23.3. The number of hydrogen-bond donors (Lipinski definition) is 2. The molecule has 2 aromatic carbocycles. The average molecular weight is 479 g/mol. The van der Waals surface area contributed by atoms with Crippen LogP contribution in [0.15, 0.2) is 47.4 Å². The summed E-state index contributed by atoms with van der Waals surface area (Å²) in [5.41, 5.74) is 1.61. The topological polar surface area (TPSA) is 113 Å². The molecule has 3 rings (SSSR count). The molecule has 10 heteroatoms. The first kappa shape index (κ1) is 24.7. The first-order valence-electron chi connectivity index (χ1n) is 10.6. The van der Waals surface area contributed by atoms with E-state index in [1.54, 1.807) is 0 Å². The molecular formula is C23H27FN2O6S. The van der Waals surface area contributed by atoms with Crippen LogP contribution in [0.3, 0.4) is 0 Å². The Bertz CT molecular complexity index is 1140. The van der Waals surface area contributed by atoms with Gasteiger partial charge in [0, 0.05) is 13.1 Å². The number of alkyl halides is 1. The molecule has 1 aliphatic heterocycles. The Morgan fingerprint density at radius 3 is 2.64 bits per heavy atom. The van der Waals surface area contributed by atoms with Gasteiger partial charge in [-0.2, -0.15) is 4.31 Å². The molecule has 0 unspecified atom stereocenters. The number of ether oxygens (including phenoxy) is 1. The Balaban J connectivity index is 1.55. The average Bonchev–Trinajstić information content (AvgIpc) is 2.77. The van der Waals surface area contributed by atoms with Gasteiger partial charge in [0.1, 0.15) is 11.9 Å². The Morgan fingerprint density at radius 2 is 1.94 bits per heavy atom. The van der Waals surface area contributed by atoms with Gasteiger partial charge < -0.3 is 15.2 Å². The molecule has 1 aliphatic rings. The summed E-state index contributed by atoms with van der Waals surface area (Å²) < 4.78 is 47.2. The van der Waals surface area contributed by atoms with Crippen molar-refractivity contribution in [2.45, 2.75) is 43.8 Å². The molecular weight excluding hydrogens is 451 g/mol. The van der Waals surface area contributed by atoms with Crippen LogP contribution in [0.2, 0.25) is 0 Å². The number of piperidine rings is 1. The summed E-state index contributed by atoms with van der Waals surface area (Å²) in [6.07, 6.45) is -1.53. The Hall–Kier alpha value is -2.98. The zero-order chi connectivity index (χ0) is 24.2. The minimum Gasteiger partial charge on any atom is -0.493 e. The van der Waals surface area contributed by atoms with Gasteiger partial charge in [0.05, 0.1) is 29.5 Å². The van der Waals surface area contributed by atoms with E-state index in [1.165, 1.54) is 24.3 Å².